The van der Waals surface area contributed by atoms with Crippen molar-refractivity contribution in [1.29, 1.82) is 0 Å². The second-order valence-corrected chi connectivity index (χ2v) is 6.14. The van der Waals surface area contributed by atoms with Crippen molar-refractivity contribution in [2.45, 2.75) is 52.0 Å². The van der Waals surface area contributed by atoms with Crippen molar-refractivity contribution >= 4 is 11.3 Å². The summed E-state index contributed by atoms with van der Waals surface area (Å²) in [5, 5.41) is 3.36. The van der Waals surface area contributed by atoms with Gasteiger partial charge in [-0.2, -0.15) is 0 Å². The molecule has 1 saturated carbocycles. The van der Waals surface area contributed by atoms with E-state index in [2.05, 4.69) is 24.2 Å². The molecule has 0 radical (unpaired) electrons. The maximum atomic E-state index is 6.23. The zero-order valence-corrected chi connectivity index (χ0v) is 11.1. The average molecular weight is 238 g/mol. The summed E-state index contributed by atoms with van der Waals surface area (Å²) in [5.74, 6) is 1.55. The second-order valence-electron chi connectivity index (χ2n) is 5.07. The van der Waals surface area contributed by atoms with Gasteiger partial charge in [0.15, 0.2) is 0 Å². The van der Waals surface area contributed by atoms with E-state index in [-0.39, 0.29) is 0 Å². The van der Waals surface area contributed by atoms with Gasteiger partial charge in [-0.15, -0.1) is 11.3 Å². The molecule has 2 nitrogen and oxygen atoms in total. The number of thiazole rings is 1. The van der Waals surface area contributed by atoms with Crippen LogP contribution < -0.4 is 5.73 Å². The average Bonchev–Trinajstić information content (AvgIpc) is 2.67. The van der Waals surface area contributed by atoms with E-state index < -0.39 is 0 Å². The van der Waals surface area contributed by atoms with Crippen LogP contribution in [0.25, 0.3) is 0 Å². The lowest BCUT2D eigenvalue weighted by atomic mass is 9.75. The van der Waals surface area contributed by atoms with Crippen LogP contribution in [0, 0.1) is 18.8 Å². The summed E-state index contributed by atoms with van der Waals surface area (Å²) in [6.07, 6.45) is 6.21. The minimum Gasteiger partial charge on any atom is -0.327 e. The Morgan fingerprint density at radius 3 is 2.94 bits per heavy atom. The van der Waals surface area contributed by atoms with Crippen LogP contribution in [0.15, 0.2) is 5.38 Å². The number of aromatic nitrogens is 1. The summed E-state index contributed by atoms with van der Waals surface area (Å²) >= 11 is 1.75. The monoisotopic (exact) mass is 238 g/mol. The largest absolute Gasteiger partial charge is 0.327 e. The molecule has 1 heterocycles. The van der Waals surface area contributed by atoms with Crippen LogP contribution in [-0.4, -0.2) is 11.0 Å². The Bertz CT molecular complexity index is 334. The summed E-state index contributed by atoms with van der Waals surface area (Å²) in [7, 11) is 0. The highest BCUT2D eigenvalue weighted by Crippen LogP contribution is 2.32. The van der Waals surface area contributed by atoms with Crippen LogP contribution in [0.1, 0.15) is 43.3 Å². The van der Waals surface area contributed by atoms with Gasteiger partial charge in [-0.3, -0.25) is 0 Å². The van der Waals surface area contributed by atoms with E-state index in [1.54, 1.807) is 11.3 Å². The highest BCUT2D eigenvalue weighted by atomic mass is 32.1. The molecule has 0 amide bonds. The van der Waals surface area contributed by atoms with Crippen molar-refractivity contribution in [3.05, 3.63) is 16.1 Å². The van der Waals surface area contributed by atoms with Crippen LogP contribution in [0.3, 0.4) is 0 Å². The van der Waals surface area contributed by atoms with Crippen molar-refractivity contribution in [2.24, 2.45) is 17.6 Å². The molecule has 90 valence electrons. The van der Waals surface area contributed by atoms with E-state index in [0.29, 0.717) is 12.0 Å². The van der Waals surface area contributed by atoms with E-state index in [1.807, 2.05) is 0 Å². The van der Waals surface area contributed by atoms with Crippen molar-refractivity contribution in [2.75, 3.05) is 0 Å². The molecule has 0 saturated heterocycles. The van der Waals surface area contributed by atoms with E-state index in [0.717, 1.165) is 12.3 Å². The Labute approximate surface area is 102 Å². The van der Waals surface area contributed by atoms with Gasteiger partial charge in [0.2, 0.25) is 0 Å². The molecule has 0 bridgehead atoms. The van der Waals surface area contributed by atoms with E-state index in [1.165, 1.54) is 36.4 Å². The molecule has 1 aliphatic rings. The first-order chi connectivity index (χ1) is 7.69. The van der Waals surface area contributed by atoms with Gasteiger partial charge in [0.25, 0.3) is 0 Å². The highest BCUT2D eigenvalue weighted by molar-refractivity contribution is 7.09. The molecule has 3 unspecified atom stereocenters. The minimum atomic E-state index is 0.393. The fourth-order valence-electron chi connectivity index (χ4n) is 2.76. The van der Waals surface area contributed by atoms with Crippen molar-refractivity contribution in [3.8, 4) is 0 Å². The fraction of sp³-hybridized carbons (Fsp3) is 0.769. The van der Waals surface area contributed by atoms with E-state index in [9.17, 15) is 0 Å². The lowest BCUT2D eigenvalue weighted by Crippen LogP contribution is -2.37. The lowest BCUT2D eigenvalue weighted by Gasteiger charge is -2.33. The van der Waals surface area contributed by atoms with Gasteiger partial charge < -0.3 is 5.73 Å². The maximum absolute atomic E-state index is 6.23. The molecule has 2 rings (SSSR count). The van der Waals surface area contributed by atoms with Gasteiger partial charge in [-0.05, 0) is 44.4 Å². The van der Waals surface area contributed by atoms with Crippen LogP contribution in [0.4, 0.5) is 0 Å². The van der Waals surface area contributed by atoms with Crippen molar-refractivity contribution < 1.29 is 0 Å². The molecule has 1 aliphatic carbocycles. The zero-order chi connectivity index (χ0) is 11.5. The molecule has 0 aromatic carbocycles. The van der Waals surface area contributed by atoms with Gasteiger partial charge in [-0.25, -0.2) is 4.98 Å². The van der Waals surface area contributed by atoms with Crippen LogP contribution in [0.5, 0.6) is 0 Å². The van der Waals surface area contributed by atoms with Gasteiger partial charge >= 0.3 is 0 Å². The molecule has 16 heavy (non-hydrogen) atoms. The summed E-state index contributed by atoms with van der Waals surface area (Å²) in [5.41, 5.74) is 7.48. The van der Waals surface area contributed by atoms with E-state index >= 15 is 0 Å². The number of nitrogens with two attached hydrogens (primary N) is 1. The zero-order valence-electron chi connectivity index (χ0n) is 10.3. The number of hydrogen-bond acceptors (Lipinski definition) is 3. The van der Waals surface area contributed by atoms with Crippen molar-refractivity contribution in [3.63, 3.8) is 0 Å². The third-order valence-electron chi connectivity index (χ3n) is 3.87. The molecule has 2 N–H and O–H groups in total. The number of hydrogen-bond donors (Lipinski definition) is 1. The molecule has 0 spiro atoms. The van der Waals surface area contributed by atoms with Gasteiger partial charge in [0.05, 0.1) is 10.7 Å². The first-order valence-corrected chi connectivity index (χ1v) is 7.23. The summed E-state index contributed by atoms with van der Waals surface area (Å²) in [6, 6.07) is 0.393. The first-order valence-electron chi connectivity index (χ1n) is 6.35. The summed E-state index contributed by atoms with van der Waals surface area (Å²) in [4.78, 5) is 4.55. The first kappa shape index (κ1) is 12.1. The summed E-state index contributed by atoms with van der Waals surface area (Å²) < 4.78 is 0. The molecule has 1 aromatic rings. The Kier molecular flexibility index (Phi) is 3.98. The Morgan fingerprint density at radius 1 is 1.50 bits per heavy atom. The quantitative estimate of drug-likeness (QED) is 0.878. The Balaban J connectivity index is 1.96. The standard InChI is InChI=1S/C13H22N2S/c1-3-10-4-5-13(14)11(6-10)7-12-8-16-9(2)15-12/h8,10-11,13H,3-7,14H2,1-2H3. The third-order valence-corrected chi connectivity index (χ3v) is 4.69. The minimum absolute atomic E-state index is 0.393. The van der Waals surface area contributed by atoms with Gasteiger partial charge in [0.1, 0.15) is 0 Å². The molecule has 3 atom stereocenters. The van der Waals surface area contributed by atoms with Crippen molar-refractivity contribution in [1.82, 2.24) is 4.98 Å². The second kappa shape index (κ2) is 5.28. The molecule has 1 aromatic heterocycles. The predicted octanol–water partition coefficient (Wildman–Crippen LogP) is 3.15. The number of aryl methyl sites for hydroxylation is 1. The predicted molar refractivity (Wildman–Crippen MR) is 69.7 cm³/mol. The SMILES string of the molecule is CCC1CCC(N)C(Cc2csc(C)n2)C1. The van der Waals surface area contributed by atoms with Crippen LogP contribution >= 0.6 is 11.3 Å². The number of nitrogens with zero attached hydrogens (tertiary/aromatic N) is 1. The molecular formula is C13H22N2S. The molecule has 0 aliphatic heterocycles. The van der Waals surface area contributed by atoms with Crippen LogP contribution in [0.2, 0.25) is 0 Å². The maximum Gasteiger partial charge on any atom is 0.0897 e. The van der Waals surface area contributed by atoms with E-state index in [4.69, 9.17) is 5.73 Å². The van der Waals surface area contributed by atoms with Gasteiger partial charge in [0, 0.05) is 11.4 Å². The third kappa shape index (κ3) is 2.83. The number of rotatable bonds is 3. The summed E-state index contributed by atoms with van der Waals surface area (Å²) in [6.45, 7) is 4.37. The fourth-order valence-corrected chi connectivity index (χ4v) is 3.39. The Hall–Kier alpha value is -0.410. The molecule has 1 fully saturated rings. The highest BCUT2D eigenvalue weighted by Gasteiger charge is 2.27. The molecular weight excluding hydrogens is 216 g/mol. The lowest BCUT2D eigenvalue weighted by molar-refractivity contribution is 0.226. The smallest absolute Gasteiger partial charge is 0.0897 e. The molecule has 3 heteroatoms. The van der Waals surface area contributed by atoms with Gasteiger partial charge in [-0.1, -0.05) is 13.3 Å². The normalized spacial score (nSPS) is 30.6. The topological polar surface area (TPSA) is 38.9 Å². The Morgan fingerprint density at radius 2 is 2.31 bits per heavy atom. The van der Waals surface area contributed by atoms with Crippen LogP contribution in [-0.2, 0) is 6.42 Å².